The van der Waals surface area contributed by atoms with Gasteiger partial charge in [-0.25, -0.2) is 0 Å². The standard InChI is InChI=1S/C13H15N3/c1-16-13(6-8-15-16)11-4-2-3-10-5-7-14-9-12(10)11/h2-4,6,8,14H,5,7,9H2,1H3. The van der Waals surface area contributed by atoms with E-state index in [1.165, 1.54) is 22.4 Å². The molecule has 2 heterocycles. The molecule has 0 bridgehead atoms. The summed E-state index contributed by atoms with van der Waals surface area (Å²) in [4.78, 5) is 0. The highest BCUT2D eigenvalue weighted by molar-refractivity contribution is 5.66. The number of nitrogens with one attached hydrogen (secondary N) is 1. The van der Waals surface area contributed by atoms with E-state index in [1.54, 1.807) is 0 Å². The summed E-state index contributed by atoms with van der Waals surface area (Å²) in [6.45, 7) is 2.05. The van der Waals surface area contributed by atoms with Gasteiger partial charge in [0, 0.05) is 25.4 Å². The molecule has 1 aromatic carbocycles. The van der Waals surface area contributed by atoms with Gasteiger partial charge in [0.15, 0.2) is 0 Å². The number of hydrogen-bond acceptors (Lipinski definition) is 2. The van der Waals surface area contributed by atoms with E-state index in [0.29, 0.717) is 0 Å². The van der Waals surface area contributed by atoms with Crippen LogP contribution in [0.5, 0.6) is 0 Å². The van der Waals surface area contributed by atoms with E-state index >= 15 is 0 Å². The van der Waals surface area contributed by atoms with Crippen molar-refractivity contribution < 1.29 is 0 Å². The SMILES string of the molecule is Cn1nccc1-c1cccc2c1CNCC2. The van der Waals surface area contributed by atoms with Crippen LogP contribution in [0, 0.1) is 0 Å². The molecule has 1 N–H and O–H groups in total. The monoisotopic (exact) mass is 213 g/mol. The van der Waals surface area contributed by atoms with Crippen LogP contribution in [0.3, 0.4) is 0 Å². The van der Waals surface area contributed by atoms with Crippen molar-refractivity contribution in [3.8, 4) is 11.3 Å². The van der Waals surface area contributed by atoms with Gasteiger partial charge in [-0.3, -0.25) is 4.68 Å². The van der Waals surface area contributed by atoms with E-state index in [1.807, 2.05) is 17.9 Å². The summed E-state index contributed by atoms with van der Waals surface area (Å²) in [6.07, 6.45) is 2.98. The second-order valence-corrected chi connectivity index (χ2v) is 4.21. The van der Waals surface area contributed by atoms with E-state index in [4.69, 9.17) is 0 Å². The molecule has 3 rings (SSSR count). The molecule has 0 aliphatic carbocycles. The molecule has 3 nitrogen and oxygen atoms in total. The van der Waals surface area contributed by atoms with E-state index < -0.39 is 0 Å². The molecule has 1 aliphatic heterocycles. The van der Waals surface area contributed by atoms with Gasteiger partial charge in [-0.05, 0) is 30.2 Å². The Morgan fingerprint density at radius 2 is 2.25 bits per heavy atom. The van der Waals surface area contributed by atoms with Crippen molar-refractivity contribution in [2.24, 2.45) is 7.05 Å². The quantitative estimate of drug-likeness (QED) is 0.782. The lowest BCUT2D eigenvalue weighted by Crippen LogP contribution is -2.24. The van der Waals surface area contributed by atoms with Crippen molar-refractivity contribution in [3.63, 3.8) is 0 Å². The maximum Gasteiger partial charge on any atom is 0.0682 e. The van der Waals surface area contributed by atoms with Crippen molar-refractivity contribution in [3.05, 3.63) is 41.6 Å². The summed E-state index contributed by atoms with van der Waals surface area (Å²) in [7, 11) is 1.99. The third kappa shape index (κ3) is 1.44. The molecule has 2 aromatic rings. The minimum absolute atomic E-state index is 0.969. The third-order valence-electron chi connectivity index (χ3n) is 3.24. The number of fused-ring (bicyclic) bond motifs is 1. The zero-order chi connectivity index (χ0) is 11.0. The minimum Gasteiger partial charge on any atom is -0.312 e. The van der Waals surface area contributed by atoms with Gasteiger partial charge in [0.05, 0.1) is 5.69 Å². The third-order valence-corrected chi connectivity index (χ3v) is 3.24. The largest absolute Gasteiger partial charge is 0.312 e. The zero-order valence-electron chi connectivity index (χ0n) is 9.40. The first-order valence-corrected chi connectivity index (χ1v) is 5.66. The normalized spacial score (nSPS) is 14.8. The summed E-state index contributed by atoms with van der Waals surface area (Å²) < 4.78 is 1.93. The Labute approximate surface area is 95.1 Å². The molecule has 0 amide bonds. The van der Waals surface area contributed by atoms with Crippen LogP contribution >= 0.6 is 0 Å². The van der Waals surface area contributed by atoms with Crippen molar-refractivity contribution in [1.82, 2.24) is 15.1 Å². The smallest absolute Gasteiger partial charge is 0.0682 e. The molecule has 1 aromatic heterocycles. The first-order valence-electron chi connectivity index (χ1n) is 5.66. The van der Waals surface area contributed by atoms with Crippen LogP contribution in [0.15, 0.2) is 30.5 Å². The number of hydrogen-bond donors (Lipinski definition) is 1. The van der Waals surface area contributed by atoms with Crippen molar-refractivity contribution >= 4 is 0 Å². The lowest BCUT2D eigenvalue weighted by atomic mass is 9.94. The second-order valence-electron chi connectivity index (χ2n) is 4.21. The van der Waals surface area contributed by atoms with Crippen LogP contribution in [-0.2, 0) is 20.0 Å². The summed E-state index contributed by atoms with van der Waals surface area (Å²) in [5, 5.41) is 7.67. The summed E-state index contributed by atoms with van der Waals surface area (Å²) in [6, 6.07) is 8.63. The Morgan fingerprint density at radius 1 is 1.31 bits per heavy atom. The molecule has 0 saturated heterocycles. The van der Waals surface area contributed by atoms with E-state index in [9.17, 15) is 0 Å². The lowest BCUT2D eigenvalue weighted by molar-refractivity contribution is 0.644. The Bertz CT molecular complexity index is 514. The highest BCUT2D eigenvalue weighted by Gasteiger charge is 2.14. The summed E-state index contributed by atoms with van der Waals surface area (Å²) in [5.41, 5.74) is 5.40. The molecule has 82 valence electrons. The minimum atomic E-state index is 0.969. The predicted octanol–water partition coefficient (Wildman–Crippen LogP) is 1.73. The maximum absolute atomic E-state index is 4.24. The topological polar surface area (TPSA) is 29.9 Å². The molecule has 16 heavy (non-hydrogen) atoms. The second kappa shape index (κ2) is 3.76. The number of rotatable bonds is 1. The molecule has 1 aliphatic rings. The first kappa shape index (κ1) is 9.60. The Kier molecular flexibility index (Phi) is 2.26. The van der Waals surface area contributed by atoms with Crippen LogP contribution in [0.1, 0.15) is 11.1 Å². The van der Waals surface area contributed by atoms with Gasteiger partial charge in [0.1, 0.15) is 0 Å². The summed E-state index contributed by atoms with van der Waals surface area (Å²) >= 11 is 0. The Morgan fingerprint density at radius 3 is 3.06 bits per heavy atom. The molecule has 0 unspecified atom stereocenters. The van der Waals surface area contributed by atoms with Gasteiger partial charge in [-0.15, -0.1) is 0 Å². The number of aryl methyl sites for hydroxylation is 1. The lowest BCUT2D eigenvalue weighted by Gasteiger charge is -2.20. The van der Waals surface area contributed by atoms with Gasteiger partial charge >= 0.3 is 0 Å². The zero-order valence-corrected chi connectivity index (χ0v) is 9.40. The maximum atomic E-state index is 4.24. The molecule has 0 atom stereocenters. The van der Waals surface area contributed by atoms with Crippen LogP contribution in [0.4, 0.5) is 0 Å². The molecule has 0 radical (unpaired) electrons. The predicted molar refractivity (Wildman–Crippen MR) is 64.1 cm³/mol. The van der Waals surface area contributed by atoms with E-state index in [-0.39, 0.29) is 0 Å². The Balaban J connectivity index is 2.18. The molecular weight excluding hydrogens is 198 g/mol. The Hall–Kier alpha value is -1.61. The average Bonchev–Trinajstić information content (AvgIpc) is 2.75. The van der Waals surface area contributed by atoms with Crippen molar-refractivity contribution in [2.75, 3.05) is 6.54 Å². The highest BCUT2D eigenvalue weighted by atomic mass is 15.3. The number of aromatic nitrogens is 2. The van der Waals surface area contributed by atoms with Crippen LogP contribution in [0.25, 0.3) is 11.3 Å². The molecular formula is C13H15N3. The van der Waals surface area contributed by atoms with Crippen LogP contribution in [-0.4, -0.2) is 16.3 Å². The number of benzene rings is 1. The van der Waals surface area contributed by atoms with Gasteiger partial charge in [-0.2, -0.15) is 5.10 Å². The van der Waals surface area contributed by atoms with E-state index in [0.717, 1.165) is 19.5 Å². The molecule has 0 saturated carbocycles. The number of nitrogens with zero attached hydrogens (tertiary/aromatic N) is 2. The van der Waals surface area contributed by atoms with Crippen molar-refractivity contribution in [2.45, 2.75) is 13.0 Å². The average molecular weight is 213 g/mol. The van der Waals surface area contributed by atoms with Gasteiger partial charge in [0.25, 0.3) is 0 Å². The van der Waals surface area contributed by atoms with Gasteiger partial charge < -0.3 is 5.32 Å². The molecule has 0 spiro atoms. The molecule has 0 fully saturated rings. The van der Waals surface area contributed by atoms with Crippen LogP contribution in [0.2, 0.25) is 0 Å². The highest BCUT2D eigenvalue weighted by Crippen LogP contribution is 2.27. The van der Waals surface area contributed by atoms with Crippen molar-refractivity contribution in [1.29, 1.82) is 0 Å². The summed E-state index contributed by atoms with van der Waals surface area (Å²) in [5.74, 6) is 0. The fourth-order valence-electron chi connectivity index (χ4n) is 2.39. The fourth-order valence-corrected chi connectivity index (χ4v) is 2.39. The first-order chi connectivity index (χ1) is 7.86. The van der Waals surface area contributed by atoms with Gasteiger partial charge in [-0.1, -0.05) is 18.2 Å². The van der Waals surface area contributed by atoms with Gasteiger partial charge in [0.2, 0.25) is 0 Å². The fraction of sp³-hybridized carbons (Fsp3) is 0.308. The van der Waals surface area contributed by atoms with Crippen LogP contribution < -0.4 is 5.32 Å². The van der Waals surface area contributed by atoms with E-state index in [2.05, 4.69) is 34.7 Å². The molecule has 3 heteroatoms.